The number of hydrogen-bond donors (Lipinski definition) is 5. The number of piperidine rings is 1. The number of alkyl halides is 6. The normalized spacial score (nSPS) is 16.9. The van der Waals surface area contributed by atoms with Crippen LogP contribution in [0, 0.1) is 11.3 Å². The third-order valence-corrected chi connectivity index (χ3v) is 6.40. The van der Waals surface area contributed by atoms with E-state index in [2.05, 4.69) is 64.5 Å². The quantitative estimate of drug-likeness (QED) is 0.317. The van der Waals surface area contributed by atoms with E-state index in [0.717, 1.165) is 50.9 Å². The van der Waals surface area contributed by atoms with Gasteiger partial charge < -0.3 is 26.2 Å². The molecule has 0 unspecified atom stereocenters. The Bertz CT molecular complexity index is 1260. The number of carboxylic acid groups (broad SMARTS) is 2. The molecule has 1 amide bonds. The number of nitriles is 1. The topological polar surface area (TPSA) is 152 Å². The van der Waals surface area contributed by atoms with Gasteiger partial charge in [-0.1, -0.05) is 48.9 Å². The van der Waals surface area contributed by atoms with Gasteiger partial charge in [-0.2, -0.15) is 31.6 Å². The fourth-order valence-electron chi connectivity index (χ4n) is 4.20. The van der Waals surface area contributed by atoms with E-state index in [-0.39, 0.29) is 11.9 Å². The number of fused-ring (bicyclic) bond motifs is 1. The van der Waals surface area contributed by atoms with Crippen LogP contribution in [0.2, 0.25) is 0 Å². The van der Waals surface area contributed by atoms with Gasteiger partial charge in [0.25, 0.3) is 0 Å². The first-order chi connectivity index (χ1) is 20.1. The molecule has 2 aliphatic rings. The van der Waals surface area contributed by atoms with Crippen LogP contribution in [0.3, 0.4) is 0 Å². The van der Waals surface area contributed by atoms with Crippen molar-refractivity contribution in [3.05, 3.63) is 59.2 Å². The number of rotatable bonds is 5. The zero-order valence-electron chi connectivity index (χ0n) is 22.7. The second-order valence-electron chi connectivity index (χ2n) is 9.61. The minimum absolute atomic E-state index is 0.0589. The van der Waals surface area contributed by atoms with E-state index in [1.165, 1.54) is 22.3 Å². The molecule has 1 saturated heterocycles. The second kappa shape index (κ2) is 15.9. The number of benzene rings is 2. The molecule has 2 atom stereocenters. The van der Waals surface area contributed by atoms with Crippen molar-refractivity contribution >= 4 is 17.8 Å². The first-order valence-corrected chi connectivity index (χ1v) is 13.1. The Morgan fingerprint density at radius 3 is 2.00 bits per heavy atom. The first kappa shape index (κ1) is 35.0. The van der Waals surface area contributed by atoms with Gasteiger partial charge in [0.15, 0.2) is 0 Å². The third-order valence-electron chi connectivity index (χ3n) is 6.40. The highest BCUT2D eigenvalue weighted by Gasteiger charge is 2.38. The number of carboxylic acids is 2. The Morgan fingerprint density at radius 1 is 0.907 bits per heavy atom. The summed E-state index contributed by atoms with van der Waals surface area (Å²) in [5.74, 6) is -5.57. The van der Waals surface area contributed by atoms with Crippen molar-refractivity contribution < 1.29 is 50.9 Å². The molecule has 0 aromatic heterocycles. The Kier molecular flexibility index (Phi) is 13.0. The lowest BCUT2D eigenvalue weighted by Crippen LogP contribution is -2.49. The lowest BCUT2D eigenvalue weighted by atomic mass is 9.94. The summed E-state index contributed by atoms with van der Waals surface area (Å²) in [4.78, 5) is 30.2. The highest BCUT2D eigenvalue weighted by Crippen LogP contribution is 2.25. The van der Waals surface area contributed by atoms with Crippen molar-refractivity contribution in [2.75, 3.05) is 13.1 Å². The van der Waals surface area contributed by atoms with Gasteiger partial charge in [0, 0.05) is 13.0 Å². The van der Waals surface area contributed by atoms with Gasteiger partial charge >= 0.3 is 24.3 Å². The summed E-state index contributed by atoms with van der Waals surface area (Å²) < 4.78 is 63.5. The van der Waals surface area contributed by atoms with Crippen LogP contribution in [0.1, 0.15) is 36.0 Å². The minimum Gasteiger partial charge on any atom is -0.475 e. The van der Waals surface area contributed by atoms with Crippen LogP contribution in [0.25, 0.3) is 11.1 Å². The van der Waals surface area contributed by atoms with Gasteiger partial charge in [-0.05, 0) is 60.2 Å². The summed E-state index contributed by atoms with van der Waals surface area (Å²) >= 11 is 0. The molecule has 5 N–H and O–H groups in total. The SMILES string of the molecule is N#C[C@H](Cc1ccc(-c2ccc3c(c2)CCNC3)cc1)NC(=O)[C@@H]1CCCCN1.O=C(O)C(F)(F)F.O=C(O)C(F)(F)F. The van der Waals surface area contributed by atoms with Crippen LogP contribution in [-0.4, -0.2) is 65.6 Å². The van der Waals surface area contributed by atoms with E-state index in [9.17, 15) is 36.4 Å². The number of aliphatic carboxylic acids is 2. The lowest BCUT2D eigenvalue weighted by Gasteiger charge is -2.23. The molecular weight excluding hydrogens is 586 g/mol. The minimum atomic E-state index is -5.08. The maximum Gasteiger partial charge on any atom is 0.490 e. The van der Waals surface area contributed by atoms with Crippen molar-refractivity contribution in [1.82, 2.24) is 16.0 Å². The van der Waals surface area contributed by atoms with E-state index >= 15 is 0 Å². The van der Waals surface area contributed by atoms with Crippen molar-refractivity contribution in [2.24, 2.45) is 0 Å². The summed E-state index contributed by atoms with van der Waals surface area (Å²) in [5, 5.41) is 33.3. The highest BCUT2D eigenvalue weighted by molar-refractivity contribution is 5.82. The van der Waals surface area contributed by atoms with Gasteiger partial charge in [0.05, 0.1) is 12.1 Å². The molecule has 1 fully saturated rings. The summed E-state index contributed by atoms with van der Waals surface area (Å²) in [7, 11) is 0. The monoisotopic (exact) mass is 616 g/mol. The predicted octanol–water partition coefficient (Wildman–Crippen LogP) is 3.96. The molecule has 0 bridgehead atoms. The molecule has 2 aromatic carbocycles. The summed E-state index contributed by atoms with van der Waals surface area (Å²) in [6.45, 7) is 2.86. The number of halogens is 6. The van der Waals surface area contributed by atoms with Gasteiger partial charge in [-0.15, -0.1) is 0 Å². The number of nitrogens with zero attached hydrogens (tertiary/aromatic N) is 1. The van der Waals surface area contributed by atoms with Gasteiger partial charge in [-0.25, -0.2) is 9.59 Å². The number of amides is 1. The number of carbonyl (C=O) groups excluding carboxylic acids is 1. The Labute approximate surface area is 242 Å². The number of hydrogen-bond acceptors (Lipinski definition) is 6. The zero-order chi connectivity index (χ0) is 32.2. The Balaban J connectivity index is 0.000000384. The molecule has 0 aliphatic carbocycles. The molecule has 2 heterocycles. The van der Waals surface area contributed by atoms with E-state index in [1.807, 2.05) is 0 Å². The maximum absolute atomic E-state index is 12.4. The summed E-state index contributed by atoms with van der Waals surface area (Å²) in [6.07, 6.45) is -5.57. The average molecular weight is 617 g/mol. The van der Waals surface area contributed by atoms with Crippen molar-refractivity contribution in [2.45, 2.75) is 63.1 Å². The van der Waals surface area contributed by atoms with Crippen molar-refractivity contribution in [3.63, 3.8) is 0 Å². The largest absolute Gasteiger partial charge is 0.490 e. The van der Waals surface area contributed by atoms with Crippen LogP contribution >= 0.6 is 0 Å². The molecule has 0 radical (unpaired) electrons. The standard InChI is InChI=1S/C24H28N4O.2C2HF3O2/c25-15-22(28-24(29)23-3-1-2-11-27-23)13-17-4-6-18(7-5-17)19-8-9-21-16-26-12-10-20(21)14-19;2*3-2(4,5)1(6)7/h4-9,14,22-23,26-27H,1-3,10-13,16H2,(H,28,29);2*(H,6,7)/t22-,23-;;/m0../s1. The maximum atomic E-state index is 12.4. The van der Waals surface area contributed by atoms with Gasteiger partial charge in [0.1, 0.15) is 6.04 Å². The molecule has 234 valence electrons. The third kappa shape index (κ3) is 11.9. The molecule has 0 spiro atoms. The summed E-state index contributed by atoms with van der Waals surface area (Å²) in [6, 6.07) is 16.6. The van der Waals surface area contributed by atoms with E-state index in [1.54, 1.807) is 0 Å². The van der Waals surface area contributed by atoms with Crippen molar-refractivity contribution in [1.29, 1.82) is 5.26 Å². The smallest absolute Gasteiger partial charge is 0.475 e. The molecule has 4 rings (SSSR count). The molecule has 0 saturated carbocycles. The van der Waals surface area contributed by atoms with Gasteiger partial charge in [-0.3, -0.25) is 4.79 Å². The highest BCUT2D eigenvalue weighted by atomic mass is 19.4. The van der Waals surface area contributed by atoms with Crippen LogP contribution in [0.15, 0.2) is 42.5 Å². The summed E-state index contributed by atoms with van der Waals surface area (Å²) in [5.41, 5.74) is 6.27. The average Bonchev–Trinajstić information content (AvgIpc) is 2.97. The molecule has 2 aromatic rings. The zero-order valence-corrected chi connectivity index (χ0v) is 22.7. The fraction of sp³-hybridized carbons (Fsp3) is 0.429. The van der Waals surface area contributed by atoms with Crippen LogP contribution in [0.5, 0.6) is 0 Å². The predicted molar refractivity (Wildman–Crippen MR) is 142 cm³/mol. The molecule has 9 nitrogen and oxygen atoms in total. The van der Waals surface area contributed by atoms with Crippen molar-refractivity contribution in [3.8, 4) is 17.2 Å². The van der Waals surface area contributed by atoms with E-state index < -0.39 is 30.3 Å². The fourth-order valence-corrected chi connectivity index (χ4v) is 4.20. The van der Waals surface area contributed by atoms with E-state index in [0.29, 0.717) is 6.42 Å². The van der Waals surface area contributed by atoms with Crippen LogP contribution < -0.4 is 16.0 Å². The second-order valence-corrected chi connectivity index (χ2v) is 9.61. The molecule has 15 heteroatoms. The Morgan fingerprint density at radius 2 is 1.49 bits per heavy atom. The molecule has 43 heavy (non-hydrogen) atoms. The Hall–Kier alpha value is -4.16. The number of carbonyl (C=O) groups is 3. The van der Waals surface area contributed by atoms with Crippen LogP contribution in [0.4, 0.5) is 26.3 Å². The number of nitrogens with one attached hydrogen (secondary N) is 3. The molecule has 2 aliphatic heterocycles. The van der Waals surface area contributed by atoms with Crippen LogP contribution in [-0.2, 0) is 33.8 Å². The van der Waals surface area contributed by atoms with E-state index in [4.69, 9.17) is 19.8 Å². The van der Waals surface area contributed by atoms with Gasteiger partial charge in [0.2, 0.25) is 5.91 Å². The molecular formula is C28H30F6N4O5. The lowest BCUT2D eigenvalue weighted by molar-refractivity contribution is -0.193. The first-order valence-electron chi connectivity index (χ1n) is 13.1.